The molecule has 0 spiro atoms. The summed E-state index contributed by atoms with van der Waals surface area (Å²) in [6.07, 6.45) is 0.726. The Balaban J connectivity index is 1.90. The highest BCUT2D eigenvalue weighted by Gasteiger charge is 2.27. The minimum absolute atomic E-state index is 0.0362. The summed E-state index contributed by atoms with van der Waals surface area (Å²) in [4.78, 5) is 25.3. The van der Waals surface area contributed by atoms with Crippen molar-refractivity contribution in [1.29, 1.82) is 0 Å². The summed E-state index contributed by atoms with van der Waals surface area (Å²) in [5, 5.41) is 5.48. The lowest BCUT2D eigenvalue weighted by Crippen LogP contribution is -2.43. The van der Waals surface area contributed by atoms with Crippen molar-refractivity contribution in [3.63, 3.8) is 0 Å². The van der Waals surface area contributed by atoms with Gasteiger partial charge in [-0.25, -0.2) is 9.18 Å². The van der Waals surface area contributed by atoms with Crippen molar-refractivity contribution in [1.82, 2.24) is 15.5 Å². The first-order chi connectivity index (χ1) is 9.60. The minimum Gasteiger partial charge on any atom is -0.338 e. The molecule has 0 bridgehead atoms. The maximum atomic E-state index is 12.8. The summed E-state index contributed by atoms with van der Waals surface area (Å²) in [5.41, 5.74) is 0.463. The molecular formula is C14H18FN3O2. The second-order valence-corrected chi connectivity index (χ2v) is 4.75. The fourth-order valence-corrected chi connectivity index (χ4v) is 2.23. The third-order valence-electron chi connectivity index (χ3n) is 3.24. The van der Waals surface area contributed by atoms with Gasteiger partial charge in [0.15, 0.2) is 0 Å². The van der Waals surface area contributed by atoms with E-state index < -0.39 is 0 Å². The molecule has 1 aliphatic rings. The number of urea groups is 1. The molecule has 1 heterocycles. The Kier molecular flexibility index (Phi) is 4.55. The number of benzene rings is 1. The highest BCUT2D eigenvalue weighted by molar-refractivity contribution is 5.94. The van der Waals surface area contributed by atoms with E-state index >= 15 is 0 Å². The van der Waals surface area contributed by atoms with Crippen molar-refractivity contribution in [2.24, 2.45) is 0 Å². The first-order valence-corrected chi connectivity index (χ1v) is 6.69. The molecule has 1 aromatic rings. The van der Waals surface area contributed by atoms with Crippen molar-refractivity contribution in [3.8, 4) is 0 Å². The first kappa shape index (κ1) is 14.3. The lowest BCUT2D eigenvalue weighted by Gasteiger charge is -2.17. The predicted molar refractivity (Wildman–Crippen MR) is 72.9 cm³/mol. The zero-order valence-corrected chi connectivity index (χ0v) is 11.4. The molecule has 0 aromatic heterocycles. The summed E-state index contributed by atoms with van der Waals surface area (Å²) < 4.78 is 12.8. The summed E-state index contributed by atoms with van der Waals surface area (Å²) in [7, 11) is 0. The van der Waals surface area contributed by atoms with Crippen LogP contribution in [-0.4, -0.2) is 42.5 Å². The van der Waals surface area contributed by atoms with Gasteiger partial charge in [0.25, 0.3) is 5.91 Å². The lowest BCUT2D eigenvalue weighted by atomic mass is 10.2. The molecule has 1 aromatic carbocycles. The molecule has 2 N–H and O–H groups in total. The van der Waals surface area contributed by atoms with Crippen LogP contribution >= 0.6 is 0 Å². The fraction of sp³-hybridized carbons (Fsp3) is 0.429. The smallest absolute Gasteiger partial charge is 0.315 e. The molecule has 6 heteroatoms. The van der Waals surface area contributed by atoms with Crippen LogP contribution in [0.15, 0.2) is 24.3 Å². The van der Waals surface area contributed by atoms with E-state index in [0.29, 0.717) is 25.2 Å². The van der Waals surface area contributed by atoms with Crippen LogP contribution < -0.4 is 10.6 Å². The topological polar surface area (TPSA) is 61.4 Å². The molecule has 3 amide bonds. The molecular weight excluding hydrogens is 261 g/mol. The number of nitrogens with one attached hydrogen (secondary N) is 2. The van der Waals surface area contributed by atoms with Gasteiger partial charge in [-0.15, -0.1) is 0 Å². The maximum absolute atomic E-state index is 12.8. The van der Waals surface area contributed by atoms with Gasteiger partial charge in [0, 0.05) is 31.2 Å². The largest absolute Gasteiger partial charge is 0.338 e. The number of halogens is 1. The molecule has 2 rings (SSSR count). The Morgan fingerprint density at radius 2 is 2.05 bits per heavy atom. The number of nitrogens with zero attached hydrogens (tertiary/aromatic N) is 1. The average Bonchev–Trinajstić information content (AvgIpc) is 2.87. The van der Waals surface area contributed by atoms with E-state index in [2.05, 4.69) is 10.6 Å². The van der Waals surface area contributed by atoms with Crippen LogP contribution in [0, 0.1) is 5.82 Å². The molecule has 0 radical (unpaired) electrons. The molecule has 0 unspecified atom stereocenters. The molecule has 0 aliphatic carbocycles. The zero-order chi connectivity index (χ0) is 14.5. The van der Waals surface area contributed by atoms with E-state index in [0.717, 1.165) is 6.42 Å². The number of likely N-dealkylation sites (tertiary alicyclic amines) is 1. The number of rotatable bonds is 3. The fourth-order valence-electron chi connectivity index (χ4n) is 2.23. The molecule has 1 saturated heterocycles. The van der Waals surface area contributed by atoms with Gasteiger partial charge in [-0.3, -0.25) is 4.79 Å². The second kappa shape index (κ2) is 6.36. The molecule has 20 heavy (non-hydrogen) atoms. The average molecular weight is 279 g/mol. The van der Waals surface area contributed by atoms with Gasteiger partial charge in [-0.2, -0.15) is 0 Å². The second-order valence-electron chi connectivity index (χ2n) is 4.75. The third-order valence-corrected chi connectivity index (χ3v) is 3.24. The number of carbonyl (C=O) groups excluding carboxylic acids is 2. The molecule has 0 saturated carbocycles. The van der Waals surface area contributed by atoms with E-state index in [9.17, 15) is 14.0 Å². The first-order valence-electron chi connectivity index (χ1n) is 6.69. The zero-order valence-electron chi connectivity index (χ0n) is 11.4. The summed E-state index contributed by atoms with van der Waals surface area (Å²) in [5.74, 6) is -0.496. The van der Waals surface area contributed by atoms with Crippen LogP contribution in [0.1, 0.15) is 23.7 Å². The number of hydrogen-bond acceptors (Lipinski definition) is 2. The van der Waals surface area contributed by atoms with E-state index in [1.54, 1.807) is 4.90 Å². The van der Waals surface area contributed by atoms with Crippen LogP contribution in [0.25, 0.3) is 0 Å². The van der Waals surface area contributed by atoms with Gasteiger partial charge in [-0.05, 0) is 37.6 Å². The van der Waals surface area contributed by atoms with Gasteiger partial charge in [-0.1, -0.05) is 0 Å². The van der Waals surface area contributed by atoms with Gasteiger partial charge in [0.2, 0.25) is 0 Å². The standard InChI is InChI=1S/C14H18FN3O2/c1-2-16-14(20)17-12-7-8-18(9-12)13(19)10-3-5-11(15)6-4-10/h3-6,12H,2,7-9H2,1H3,(H2,16,17,20)/t12-/m0/s1. The Morgan fingerprint density at radius 3 is 2.70 bits per heavy atom. The van der Waals surface area contributed by atoms with Crippen LogP contribution in [0.4, 0.5) is 9.18 Å². The lowest BCUT2D eigenvalue weighted by molar-refractivity contribution is 0.0789. The summed E-state index contributed by atoms with van der Waals surface area (Å²) in [6.45, 7) is 3.48. The Bertz CT molecular complexity index is 490. The predicted octanol–water partition coefficient (Wildman–Crippen LogP) is 1.36. The van der Waals surface area contributed by atoms with Crippen LogP contribution in [0.5, 0.6) is 0 Å². The Hall–Kier alpha value is -2.11. The summed E-state index contributed by atoms with van der Waals surface area (Å²) >= 11 is 0. The van der Waals surface area contributed by atoms with E-state index in [1.165, 1.54) is 24.3 Å². The van der Waals surface area contributed by atoms with Gasteiger partial charge in [0.1, 0.15) is 5.82 Å². The van der Waals surface area contributed by atoms with Crippen LogP contribution in [-0.2, 0) is 0 Å². The van der Waals surface area contributed by atoms with Gasteiger partial charge in [0.05, 0.1) is 0 Å². The Labute approximate surface area is 117 Å². The highest BCUT2D eigenvalue weighted by atomic mass is 19.1. The number of carbonyl (C=O) groups is 2. The summed E-state index contributed by atoms with van der Waals surface area (Å²) in [6, 6.07) is 5.24. The van der Waals surface area contributed by atoms with Gasteiger partial charge >= 0.3 is 6.03 Å². The quantitative estimate of drug-likeness (QED) is 0.877. The van der Waals surface area contributed by atoms with Crippen molar-refractivity contribution in [3.05, 3.63) is 35.6 Å². The van der Waals surface area contributed by atoms with E-state index in [-0.39, 0.29) is 23.8 Å². The Morgan fingerprint density at radius 1 is 1.35 bits per heavy atom. The normalized spacial score (nSPS) is 17.9. The van der Waals surface area contributed by atoms with Gasteiger partial charge < -0.3 is 15.5 Å². The number of hydrogen-bond donors (Lipinski definition) is 2. The number of amides is 3. The minimum atomic E-state index is -0.362. The van der Waals surface area contributed by atoms with Crippen molar-refractivity contribution >= 4 is 11.9 Å². The molecule has 1 atom stereocenters. The monoisotopic (exact) mass is 279 g/mol. The molecule has 108 valence electrons. The molecule has 1 fully saturated rings. The van der Waals surface area contributed by atoms with Crippen molar-refractivity contribution in [2.75, 3.05) is 19.6 Å². The van der Waals surface area contributed by atoms with Crippen molar-refractivity contribution < 1.29 is 14.0 Å². The molecule has 5 nitrogen and oxygen atoms in total. The maximum Gasteiger partial charge on any atom is 0.315 e. The SMILES string of the molecule is CCNC(=O)N[C@H]1CCN(C(=O)c2ccc(F)cc2)C1. The van der Waals surface area contributed by atoms with E-state index in [1.807, 2.05) is 6.92 Å². The van der Waals surface area contributed by atoms with E-state index in [4.69, 9.17) is 0 Å². The van der Waals surface area contributed by atoms with Crippen LogP contribution in [0.3, 0.4) is 0 Å². The highest BCUT2D eigenvalue weighted by Crippen LogP contribution is 2.14. The van der Waals surface area contributed by atoms with Crippen LogP contribution in [0.2, 0.25) is 0 Å². The third kappa shape index (κ3) is 3.46. The van der Waals surface area contributed by atoms with Crippen molar-refractivity contribution in [2.45, 2.75) is 19.4 Å². The molecule has 1 aliphatic heterocycles.